The summed E-state index contributed by atoms with van der Waals surface area (Å²) in [6.45, 7) is 2.06. The fourth-order valence-corrected chi connectivity index (χ4v) is 3.30. The molecule has 1 spiro atoms. The van der Waals surface area contributed by atoms with Crippen molar-refractivity contribution in [3.8, 4) is 11.5 Å². The van der Waals surface area contributed by atoms with E-state index in [9.17, 15) is 10.2 Å². The van der Waals surface area contributed by atoms with Crippen LogP contribution in [0, 0.1) is 0 Å². The molecule has 0 amide bonds. The Hall–Kier alpha value is -1.22. The van der Waals surface area contributed by atoms with Crippen LogP contribution in [0.1, 0.15) is 30.4 Å². The molecule has 3 N–H and O–H groups in total. The molecule has 1 aromatic carbocycles. The van der Waals surface area contributed by atoms with Crippen molar-refractivity contribution in [1.82, 2.24) is 5.32 Å². The second-order valence-electron chi connectivity index (χ2n) is 5.02. The molecule has 1 atom stereocenters. The molecule has 0 radical (unpaired) electrons. The van der Waals surface area contributed by atoms with Crippen molar-refractivity contribution in [3.05, 3.63) is 23.3 Å². The van der Waals surface area contributed by atoms with Crippen molar-refractivity contribution < 1.29 is 10.2 Å². The van der Waals surface area contributed by atoms with Crippen LogP contribution in [0.5, 0.6) is 11.5 Å². The van der Waals surface area contributed by atoms with E-state index >= 15 is 0 Å². The molecule has 1 aliphatic heterocycles. The Morgan fingerprint density at radius 3 is 2.81 bits per heavy atom. The second-order valence-corrected chi connectivity index (χ2v) is 5.02. The largest absolute Gasteiger partial charge is 0.504 e. The number of aromatic hydroxyl groups is 2. The summed E-state index contributed by atoms with van der Waals surface area (Å²) in [5, 5.41) is 22.9. The van der Waals surface area contributed by atoms with Crippen LogP contribution in [0.2, 0.25) is 0 Å². The summed E-state index contributed by atoms with van der Waals surface area (Å²) in [4.78, 5) is 0. The van der Waals surface area contributed by atoms with Gasteiger partial charge in [-0.15, -0.1) is 0 Å². The molecule has 16 heavy (non-hydrogen) atoms. The third-order valence-corrected chi connectivity index (χ3v) is 4.16. The van der Waals surface area contributed by atoms with Gasteiger partial charge >= 0.3 is 0 Å². The van der Waals surface area contributed by atoms with Crippen LogP contribution in [0.25, 0.3) is 0 Å². The summed E-state index contributed by atoms with van der Waals surface area (Å²) in [5.74, 6) is 0.116. The maximum absolute atomic E-state index is 9.92. The van der Waals surface area contributed by atoms with E-state index in [1.165, 1.54) is 12.0 Å². The molecular weight excluding hydrogens is 202 g/mol. The van der Waals surface area contributed by atoms with E-state index in [1.54, 1.807) is 6.07 Å². The highest BCUT2D eigenvalue weighted by Crippen LogP contribution is 2.46. The van der Waals surface area contributed by atoms with Crippen LogP contribution in [0.15, 0.2) is 12.1 Å². The number of fused-ring (bicyclic) bond motifs is 2. The van der Waals surface area contributed by atoms with Crippen molar-refractivity contribution in [2.24, 2.45) is 0 Å². The minimum absolute atomic E-state index is 0.0155. The summed E-state index contributed by atoms with van der Waals surface area (Å²) in [6, 6.07) is 3.62. The molecule has 3 rings (SSSR count). The maximum Gasteiger partial charge on any atom is 0.160 e. The van der Waals surface area contributed by atoms with E-state index in [4.69, 9.17) is 0 Å². The molecule has 1 unspecified atom stereocenters. The van der Waals surface area contributed by atoms with E-state index in [1.807, 2.05) is 6.07 Å². The van der Waals surface area contributed by atoms with Crippen LogP contribution in [-0.2, 0) is 11.8 Å². The predicted octanol–water partition coefficient (Wildman–Crippen LogP) is 1.67. The van der Waals surface area contributed by atoms with Crippen LogP contribution in [0.3, 0.4) is 0 Å². The normalized spacial score (nSPS) is 28.2. The van der Waals surface area contributed by atoms with E-state index in [0.717, 1.165) is 37.9 Å². The first-order chi connectivity index (χ1) is 7.73. The Morgan fingerprint density at radius 1 is 1.19 bits per heavy atom. The van der Waals surface area contributed by atoms with Gasteiger partial charge in [-0.05, 0) is 43.9 Å². The quantitative estimate of drug-likeness (QED) is 0.582. The zero-order valence-corrected chi connectivity index (χ0v) is 9.29. The van der Waals surface area contributed by atoms with Crippen LogP contribution < -0.4 is 5.32 Å². The Bertz CT molecular complexity index is 422. The molecule has 1 fully saturated rings. The molecule has 86 valence electrons. The second kappa shape index (κ2) is 3.39. The lowest BCUT2D eigenvalue weighted by Crippen LogP contribution is -2.33. The molecular formula is C13H17NO2. The molecule has 0 saturated carbocycles. The van der Waals surface area contributed by atoms with Crippen molar-refractivity contribution in [2.75, 3.05) is 13.1 Å². The molecule has 2 aliphatic rings. The Balaban J connectivity index is 2.16. The van der Waals surface area contributed by atoms with Gasteiger partial charge in [0.15, 0.2) is 11.5 Å². The highest BCUT2D eigenvalue weighted by molar-refractivity contribution is 5.53. The number of hydrogen-bond acceptors (Lipinski definition) is 3. The van der Waals surface area contributed by atoms with Gasteiger partial charge in [-0.3, -0.25) is 0 Å². The minimum atomic E-state index is 0.0155. The number of phenolic OH excluding ortho intramolecular Hbond substituents is 2. The standard InChI is InChI=1S/C13H17NO2/c15-11-4-3-10-9(12(11)16)2-1-5-13(10)6-7-14-8-13/h3-4,14-16H,1-2,5-8H2. The first kappa shape index (κ1) is 9.97. The molecule has 3 heteroatoms. The average Bonchev–Trinajstić information content (AvgIpc) is 2.74. The fourth-order valence-electron chi connectivity index (χ4n) is 3.30. The molecule has 1 saturated heterocycles. The Labute approximate surface area is 95.1 Å². The summed E-state index contributed by atoms with van der Waals surface area (Å²) in [5.41, 5.74) is 2.42. The third-order valence-electron chi connectivity index (χ3n) is 4.16. The van der Waals surface area contributed by atoms with Gasteiger partial charge in [0.25, 0.3) is 0 Å². The summed E-state index contributed by atoms with van der Waals surface area (Å²) in [6.07, 6.45) is 4.32. The van der Waals surface area contributed by atoms with E-state index in [0.29, 0.717) is 0 Å². The van der Waals surface area contributed by atoms with E-state index < -0.39 is 0 Å². The van der Waals surface area contributed by atoms with Gasteiger partial charge in [-0.25, -0.2) is 0 Å². The zero-order chi connectivity index (χ0) is 11.2. The topological polar surface area (TPSA) is 52.5 Å². The van der Waals surface area contributed by atoms with Crippen LogP contribution >= 0.6 is 0 Å². The lowest BCUT2D eigenvalue weighted by molar-refractivity contribution is 0.364. The van der Waals surface area contributed by atoms with E-state index in [2.05, 4.69) is 5.32 Å². The Kier molecular flexibility index (Phi) is 2.11. The average molecular weight is 219 g/mol. The van der Waals surface area contributed by atoms with Crippen molar-refractivity contribution >= 4 is 0 Å². The molecule has 1 aliphatic carbocycles. The summed E-state index contributed by atoms with van der Waals surface area (Å²) in [7, 11) is 0. The summed E-state index contributed by atoms with van der Waals surface area (Å²) >= 11 is 0. The van der Waals surface area contributed by atoms with Crippen molar-refractivity contribution in [3.63, 3.8) is 0 Å². The van der Waals surface area contributed by atoms with E-state index in [-0.39, 0.29) is 16.9 Å². The molecule has 0 aromatic heterocycles. The first-order valence-electron chi connectivity index (χ1n) is 5.98. The van der Waals surface area contributed by atoms with Gasteiger partial charge in [0.05, 0.1) is 0 Å². The highest BCUT2D eigenvalue weighted by atomic mass is 16.3. The SMILES string of the molecule is Oc1ccc2c(c1O)CCCC21CCNC1. The maximum atomic E-state index is 9.92. The minimum Gasteiger partial charge on any atom is -0.504 e. The lowest BCUT2D eigenvalue weighted by Gasteiger charge is -2.35. The van der Waals surface area contributed by atoms with Crippen LogP contribution in [-0.4, -0.2) is 23.3 Å². The van der Waals surface area contributed by atoms with Gasteiger partial charge < -0.3 is 15.5 Å². The van der Waals surface area contributed by atoms with Gasteiger partial charge in [-0.1, -0.05) is 6.07 Å². The first-order valence-corrected chi connectivity index (χ1v) is 5.98. The molecule has 3 nitrogen and oxygen atoms in total. The fraction of sp³-hybridized carbons (Fsp3) is 0.538. The highest BCUT2D eigenvalue weighted by Gasteiger charge is 2.40. The number of nitrogens with one attached hydrogen (secondary N) is 1. The Morgan fingerprint density at radius 2 is 2.06 bits per heavy atom. The monoisotopic (exact) mass is 219 g/mol. The van der Waals surface area contributed by atoms with Crippen LogP contribution in [0.4, 0.5) is 0 Å². The summed E-state index contributed by atoms with van der Waals surface area (Å²) < 4.78 is 0. The molecule has 1 heterocycles. The third kappa shape index (κ3) is 1.24. The number of benzene rings is 1. The van der Waals surface area contributed by atoms with Crippen molar-refractivity contribution in [2.45, 2.75) is 31.1 Å². The van der Waals surface area contributed by atoms with Gasteiger partial charge in [0.1, 0.15) is 0 Å². The number of rotatable bonds is 0. The number of hydrogen-bond donors (Lipinski definition) is 3. The predicted molar refractivity (Wildman–Crippen MR) is 61.9 cm³/mol. The van der Waals surface area contributed by atoms with Crippen molar-refractivity contribution in [1.29, 1.82) is 0 Å². The molecule has 1 aromatic rings. The van der Waals surface area contributed by atoms with Gasteiger partial charge in [-0.2, -0.15) is 0 Å². The smallest absolute Gasteiger partial charge is 0.160 e. The number of phenols is 2. The lowest BCUT2D eigenvalue weighted by atomic mass is 9.69. The van der Waals surface area contributed by atoms with Gasteiger partial charge in [0, 0.05) is 17.5 Å². The van der Waals surface area contributed by atoms with Gasteiger partial charge in [0.2, 0.25) is 0 Å². The molecule has 0 bridgehead atoms. The zero-order valence-electron chi connectivity index (χ0n) is 9.29.